The molecule has 0 radical (unpaired) electrons. The maximum absolute atomic E-state index is 12.7. The third-order valence-electron chi connectivity index (χ3n) is 3.06. The minimum Gasteiger partial charge on any atom is -0.384 e. The lowest BCUT2D eigenvalue weighted by Gasteiger charge is -2.28. The summed E-state index contributed by atoms with van der Waals surface area (Å²) < 4.78 is 43.1. The summed E-state index contributed by atoms with van der Waals surface area (Å²) in [4.78, 5) is 1.74. The van der Waals surface area contributed by atoms with Gasteiger partial charge in [-0.15, -0.1) is 0 Å². The predicted molar refractivity (Wildman–Crippen MR) is 72.2 cm³/mol. The molecule has 1 unspecified atom stereocenters. The summed E-state index contributed by atoms with van der Waals surface area (Å²) >= 11 is 0. The van der Waals surface area contributed by atoms with Gasteiger partial charge in [-0.1, -0.05) is 0 Å². The molecule has 112 valence electrons. The number of likely N-dealkylation sites (N-methyl/N-ethyl adjacent to an activating group) is 1. The lowest BCUT2D eigenvalue weighted by molar-refractivity contribution is -0.137. The van der Waals surface area contributed by atoms with Gasteiger partial charge in [0.2, 0.25) is 0 Å². The molecule has 0 aromatic heterocycles. The fourth-order valence-electron chi connectivity index (χ4n) is 1.83. The van der Waals surface area contributed by atoms with Gasteiger partial charge in [-0.3, -0.25) is 5.41 Å². The smallest absolute Gasteiger partial charge is 0.384 e. The average Bonchev–Trinajstić information content (AvgIpc) is 2.36. The quantitative estimate of drug-likeness (QED) is 0.646. The number of nitrogens with one attached hydrogen (secondary N) is 1. The molecular formula is C13H18F3N3O. The summed E-state index contributed by atoms with van der Waals surface area (Å²) in [5.41, 5.74) is 5.10. The minimum absolute atomic E-state index is 0.0603. The van der Waals surface area contributed by atoms with Crippen molar-refractivity contribution in [1.29, 1.82) is 5.41 Å². The first-order chi connectivity index (χ1) is 9.18. The predicted octanol–water partition coefficient (Wildman–Crippen LogP) is 2.46. The zero-order valence-corrected chi connectivity index (χ0v) is 11.6. The molecule has 0 amide bonds. The normalized spacial score (nSPS) is 13.1. The van der Waals surface area contributed by atoms with Crippen LogP contribution in [0, 0.1) is 5.41 Å². The van der Waals surface area contributed by atoms with E-state index in [0.29, 0.717) is 12.3 Å². The van der Waals surface area contributed by atoms with Crippen molar-refractivity contribution < 1.29 is 17.9 Å². The van der Waals surface area contributed by atoms with Crippen LogP contribution in [0.3, 0.4) is 0 Å². The van der Waals surface area contributed by atoms with E-state index in [1.807, 2.05) is 6.92 Å². The Balaban J connectivity index is 3.24. The number of halogens is 3. The largest absolute Gasteiger partial charge is 0.416 e. The molecule has 0 aliphatic rings. The van der Waals surface area contributed by atoms with Crippen LogP contribution in [-0.4, -0.2) is 32.6 Å². The van der Waals surface area contributed by atoms with Gasteiger partial charge in [-0.2, -0.15) is 13.2 Å². The van der Waals surface area contributed by atoms with Crippen molar-refractivity contribution in [2.45, 2.75) is 19.1 Å². The van der Waals surface area contributed by atoms with Gasteiger partial charge in [-0.25, -0.2) is 0 Å². The van der Waals surface area contributed by atoms with E-state index in [4.69, 9.17) is 15.9 Å². The number of methoxy groups -OCH3 is 1. The highest BCUT2D eigenvalue weighted by Gasteiger charge is 2.31. The van der Waals surface area contributed by atoms with E-state index in [1.165, 1.54) is 6.07 Å². The molecule has 7 heteroatoms. The molecule has 1 aromatic carbocycles. The summed E-state index contributed by atoms with van der Waals surface area (Å²) in [6.07, 6.45) is -4.46. The molecule has 0 aliphatic carbocycles. The van der Waals surface area contributed by atoms with Crippen LogP contribution in [-0.2, 0) is 10.9 Å². The summed E-state index contributed by atoms with van der Waals surface area (Å²) in [6, 6.07) is 3.15. The number of nitrogens with zero attached hydrogens (tertiary/aromatic N) is 1. The molecule has 4 nitrogen and oxygen atoms in total. The van der Waals surface area contributed by atoms with Crippen molar-refractivity contribution in [3.05, 3.63) is 29.3 Å². The molecule has 1 aromatic rings. The Bertz CT molecular complexity index is 488. The molecule has 0 bridgehead atoms. The minimum atomic E-state index is -4.46. The van der Waals surface area contributed by atoms with Gasteiger partial charge in [-0.05, 0) is 25.1 Å². The third kappa shape index (κ3) is 3.63. The number of rotatable bonds is 5. The average molecular weight is 289 g/mol. The first-order valence-electron chi connectivity index (χ1n) is 5.96. The number of nitrogen functional groups attached to an aromatic ring is 1. The second kappa shape index (κ2) is 6.13. The number of alkyl halides is 3. The molecule has 20 heavy (non-hydrogen) atoms. The van der Waals surface area contributed by atoms with Gasteiger partial charge in [0.1, 0.15) is 5.84 Å². The summed E-state index contributed by atoms with van der Waals surface area (Å²) in [6.45, 7) is 2.28. The van der Waals surface area contributed by atoms with Crippen LogP contribution < -0.4 is 10.6 Å². The fraction of sp³-hybridized carbons (Fsp3) is 0.462. The molecule has 1 rings (SSSR count). The highest BCUT2D eigenvalue weighted by Crippen LogP contribution is 2.33. The molecule has 0 spiro atoms. The Kier molecular flexibility index (Phi) is 4.99. The van der Waals surface area contributed by atoms with Gasteiger partial charge in [0.25, 0.3) is 0 Å². The zero-order valence-electron chi connectivity index (χ0n) is 11.6. The molecule has 1 atom stereocenters. The zero-order chi connectivity index (χ0) is 15.5. The van der Waals surface area contributed by atoms with Crippen molar-refractivity contribution in [1.82, 2.24) is 0 Å². The number of benzene rings is 1. The van der Waals surface area contributed by atoms with E-state index in [1.54, 1.807) is 19.1 Å². The Morgan fingerprint density at radius 2 is 2.05 bits per heavy atom. The van der Waals surface area contributed by atoms with Crippen molar-refractivity contribution in [3.63, 3.8) is 0 Å². The molecule has 0 heterocycles. The van der Waals surface area contributed by atoms with Crippen LogP contribution in [0.4, 0.5) is 18.9 Å². The Morgan fingerprint density at radius 1 is 1.45 bits per heavy atom. The van der Waals surface area contributed by atoms with E-state index in [0.717, 1.165) is 12.1 Å². The molecule has 3 N–H and O–H groups in total. The van der Waals surface area contributed by atoms with E-state index in [9.17, 15) is 13.2 Å². The lowest BCUT2D eigenvalue weighted by Crippen LogP contribution is -2.34. The maximum atomic E-state index is 12.7. The highest BCUT2D eigenvalue weighted by molar-refractivity contribution is 6.00. The van der Waals surface area contributed by atoms with Crippen LogP contribution in [0.2, 0.25) is 0 Å². The van der Waals surface area contributed by atoms with Crippen LogP contribution in [0.15, 0.2) is 18.2 Å². The third-order valence-corrected chi connectivity index (χ3v) is 3.06. The van der Waals surface area contributed by atoms with Gasteiger partial charge in [0.05, 0.1) is 12.2 Å². The number of anilines is 1. The number of hydrogen-bond donors (Lipinski definition) is 2. The Morgan fingerprint density at radius 3 is 2.50 bits per heavy atom. The van der Waals surface area contributed by atoms with Crippen LogP contribution in [0.25, 0.3) is 0 Å². The topological polar surface area (TPSA) is 62.3 Å². The number of nitrogens with two attached hydrogens (primary N) is 1. The first kappa shape index (κ1) is 16.3. The Labute approximate surface area is 115 Å². The molecular weight excluding hydrogens is 271 g/mol. The van der Waals surface area contributed by atoms with Crippen LogP contribution in [0.5, 0.6) is 0 Å². The second-order valence-corrected chi connectivity index (χ2v) is 4.56. The van der Waals surface area contributed by atoms with Crippen LogP contribution >= 0.6 is 0 Å². The maximum Gasteiger partial charge on any atom is 0.416 e. The standard InChI is InChI=1S/C13H18F3N3O/c1-8(7-20-3)19(2)11-5-4-9(13(14,15)16)6-10(11)12(17)18/h4-6,8H,7H2,1-3H3,(H3,17,18). The summed E-state index contributed by atoms with van der Waals surface area (Å²) in [5.74, 6) is -0.400. The fourth-order valence-corrected chi connectivity index (χ4v) is 1.83. The molecule has 0 saturated carbocycles. The van der Waals surface area contributed by atoms with E-state index in [-0.39, 0.29) is 11.6 Å². The summed E-state index contributed by atoms with van der Waals surface area (Å²) in [7, 11) is 3.27. The number of amidine groups is 1. The number of hydrogen-bond acceptors (Lipinski definition) is 3. The number of ether oxygens (including phenoxy) is 1. The van der Waals surface area contributed by atoms with Crippen LogP contribution in [0.1, 0.15) is 18.1 Å². The lowest BCUT2D eigenvalue weighted by atomic mass is 10.1. The molecule has 0 fully saturated rings. The molecule has 0 saturated heterocycles. The second-order valence-electron chi connectivity index (χ2n) is 4.56. The van der Waals surface area contributed by atoms with Crippen molar-refractivity contribution in [2.75, 3.05) is 25.7 Å². The van der Waals surface area contributed by atoms with E-state index in [2.05, 4.69) is 0 Å². The van der Waals surface area contributed by atoms with Crippen molar-refractivity contribution in [3.8, 4) is 0 Å². The van der Waals surface area contributed by atoms with Crippen molar-refractivity contribution in [2.24, 2.45) is 5.73 Å². The van der Waals surface area contributed by atoms with Gasteiger partial charge in [0.15, 0.2) is 0 Å². The monoisotopic (exact) mass is 289 g/mol. The SMILES string of the molecule is COCC(C)N(C)c1ccc(C(F)(F)F)cc1C(=N)N. The summed E-state index contributed by atoms with van der Waals surface area (Å²) in [5, 5.41) is 7.47. The van der Waals surface area contributed by atoms with E-state index >= 15 is 0 Å². The van der Waals surface area contributed by atoms with Gasteiger partial charge >= 0.3 is 6.18 Å². The highest BCUT2D eigenvalue weighted by atomic mass is 19.4. The van der Waals surface area contributed by atoms with Gasteiger partial charge in [0, 0.05) is 31.5 Å². The van der Waals surface area contributed by atoms with E-state index < -0.39 is 17.6 Å². The molecule has 0 aliphatic heterocycles. The van der Waals surface area contributed by atoms with Gasteiger partial charge < -0.3 is 15.4 Å². The van der Waals surface area contributed by atoms with Crippen molar-refractivity contribution >= 4 is 11.5 Å². The first-order valence-corrected chi connectivity index (χ1v) is 5.96. The Hall–Kier alpha value is -1.76.